The van der Waals surface area contributed by atoms with E-state index in [-0.39, 0.29) is 5.82 Å². The molecule has 1 heterocycles. The molecular weight excluding hydrogens is 261 g/mol. The molecule has 1 aromatic heterocycles. The summed E-state index contributed by atoms with van der Waals surface area (Å²) in [5.74, 6) is 0.652. The monoisotopic (exact) mass is 277 g/mol. The normalized spacial score (nSPS) is 10.3. The Balaban J connectivity index is 2.06. The van der Waals surface area contributed by atoms with E-state index in [1.165, 1.54) is 26.6 Å². The molecule has 0 bridgehead atoms. The summed E-state index contributed by atoms with van der Waals surface area (Å²) >= 11 is 0. The minimum atomic E-state index is -0.233. The van der Waals surface area contributed by atoms with Gasteiger partial charge in [-0.15, -0.1) is 0 Å². The molecule has 0 unspecified atom stereocenters. The van der Waals surface area contributed by atoms with Crippen LogP contribution < -0.4 is 14.8 Å². The Hall–Kier alpha value is -2.21. The van der Waals surface area contributed by atoms with Gasteiger partial charge < -0.3 is 14.8 Å². The molecule has 20 heavy (non-hydrogen) atoms. The van der Waals surface area contributed by atoms with Crippen molar-refractivity contribution in [1.29, 1.82) is 0 Å². The molecule has 1 N–H and O–H groups in total. The Morgan fingerprint density at radius 1 is 1.05 bits per heavy atom. The number of hydrogen-bond acceptors (Lipinski definition) is 5. The second-order valence-electron chi connectivity index (χ2n) is 4.07. The van der Waals surface area contributed by atoms with Crippen LogP contribution in [0.2, 0.25) is 0 Å². The smallest absolute Gasteiger partial charge is 0.224 e. The summed E-state index contributed by atoms with van der Waals surface area (Å²) in [7, 11) is 3.06. The molecule has 0 atom stereocenters. The maximum Gasteiger partial charge on any atom is 0.224 e. The van der Waals surface area contributed by atoms with Crippen LogP contribution in [0.1, 0.15) is 11.1 Å². The van der Waals surface area contributed by atoms with Gasteiger partial charge in [0.25, 0.3) is 0 Å². The number of hydrogen-bond donors (Lipinski definition) is 1. The number of aromatic nitrogens is 2. The average molecular weight is 277 g/mol. The second-order valence-corrected chi connectivity index (χ2v) is 4.07. The van der Waals surface area contributed by atoms with Crippen LogP contribution in [-0.4, -0.2) is 24.2 Å². The van der Waals surface area contributed by atoms with Crippen LogP contribution in [0, 0.1) is 5.82 Å². The zero-order valence-corrected chi connectivity index (χ0v) is 11.4. The molecule has 0 fully saturated rings. The van der Waals surface area contributed by atoms with Crippen molar-refractivity contribution in [3.05, 3.63) is 47.5 Å². The molecule has 0 amide bonds. The van der Waals surface area contributed by atoms with E-state index in [2.05, 4.69) is 15.3 Å². The van der Waals surface area contributed by atoms with E-state index in [1.807, 2.05) is 0 Å². The van der Waals surface area contributed by atoms with Crippen molar-refractivity contribution < 1.29 is 13.9 Å². The van der Waals surface area contributed by atoms with Gasteiger partial charge in [-0.25, -0.2) is 14.4 Å². The van der Waals surface area contributed by atoms with Crippen LogP contribution in [0.15, 0.2) is 30.6 Å². The lowest BCUT2D eigenvalue weighted by molar-refractivity contribution is 0.359. The van der Waals surface area contributed by atoms with Crippen LogP contribution in [0.25, 0.3) is 0 Å². The molecule has 0 radical (unpaired) electrons. The first-order chi connectivity index (χ1) is 9.76. The molecule has 0 aliphatic rings. The maximum atomic E-state index is 13.5. The molecule has 6 heteroatoms. The molecule has 2 rings (SSSR count). The SMILES string of the molecule is COc1ncnc(OC)c1CNCc1ccccc1F. The highest BCUT2D eigenvalue weighted by atomic mass is 19.1. The van der Waals surface area contributed by atoms with E-state index in [0.717, 1.165) is 0 Å². The van der Waals surface area contributed by atoms with Gasteiger partial charge in [0, 0.05) is 18.7 Å². The van der Waals surface area contributed by atoms with Crippen molar-refractivity contribution in [2.75, 3.05) is 14.2 Å². The molecule has 0 aliphatic carbocycles. The van der Waals surface area contributed by atoms with Gasteiger partial charge in [0.05, 0.1) is 19.8 Å². The third-order valence-corrected chi connectivity index (χ3v) is 2.83. The summed E-state index contributed by atoms with van der Waals surface area (Å²) in [6.45, 7) is 0.815. The first-order valence-electron chi connectivity index (χ1n) is 6.12. The van der Waals surface area contributed by atoms with Gasteiger partial charge >= 0.3 is 0 Å². The molecule has 0 spiro atoms. The highest BCUT2D eigenvalue weighted by molar-refractivity contribution is 5.34. The van der Waals surface area contributed by atoms with Gasteiger partial charge in [-0.2, -0.15) is 0 Å². The molecule has 0 saturated heterocycles. The van der Waals surface area contributed by atoms with Crippen LogP contribution in [0.5, 0.6) is 11.8 Å². The third-order valence-electron chi connectivity index (χ3n) is 2.83. The molecule has 1 aromatic carbocycles. The Labute approximate surface area is 116 Å². The van der Waals surface area contributed by atoms with E-state index in [9.17, 15) is 4.39 Å². The molecule has 0 aliphatic heterocycles. The van der Waals surface area contributed by atoms with E-state index < -0.39 is 0 Å². The summed E-state index contributed by atoms with van der Waals surface area (Å²) in [5.41, 5.74) is 1.30. The minimum Gasteiger partial charge on any atom is -0.481 e. The number of methoxy groups -OCH3 is 2. The topological polar surface area (TPSA) is 56.3 Å². The number of nitrogens with one attached hydrogen (secondary N) is 1. The van der Waals surface area contributed by atoms with Gasteiger partial charge in [-0.1, -0.05) is 18.2 Å². The summed E-state index contributed by atoms with van der Waals surface area (Å²) < 4.78 is 23.8. The second kappa shape index (κ2) is 6.81. The summed E-state index contributed by atoms with van der Waals surface area (Å²) in [6, 6.07) is 6.63. The van der Waals surface area contributed by atoms with E-state index in [4.69, 9.17) is 9.47 Å². The average Bonchev–Trinajstić information content (AvgIpc) is 2.49. The fourth-order valence-corrected chi connectivity index (χ4v) is 1.85. The van der Waals surface area contributed by atoms with Crippen LogP contribution in [0.4, 0.5) is 4.39 Å². The Bertz CT molecular complexity index is 556. The highest BCUT2D eigenvalue weighted by Crippen LogP contribution is 2.23. The molecular formula is C14H16FN3O2. The molecule has 106 valence electrons. The summed E-state index contributed by atoms with van der Waals surface area (Å²) in [5, 5.41) is 3.13. The lowest BCUT2D eigenvalue weighted by Gasteiger charge is -2.11. The van der Waals surface area contributed by atoms with Gasteiger partial charge in [-0.3, -0.25) is 0 Å². The zero-order chi connectivity index (χ0) is 14.4. The van der Waals surface area contributed by atoms with Crippen LogP contribution >= 0.6 is 0 Å². The Morgan fingerprint density at radius 3 is 2.30 bits per heavy atom. The van der Waals surface area contributed by atoms with Crippen molar-refractivity contribution >= 4 is 0 Å². The number of benzene rings is 1. The van der Waals surface area contributed by atoms with Crippen LogP contribution in [-0.2, 0) is 13.1 Å². The van der Waals surface area contributed by atoms with Crippen molar-refractivity contribution in [2.45, 2.75) is 13.1 Å². The molecule has 2 aromatic rings. The quantitative estimate of drug-likeness (QED) is 0.874. The minimum absolute atomic E-state index is 0.233. The highest BCUT2D eigenvalue weighted by Gasteiger charge is 2.12. The Morgan fingerprint density at radius 2 is 1.70 bits per heavy atom. The third kappa shape index (κ3) is 3.21. The fourth-order valence-electron chi connectivity index (χ4n) is 1.85. The largest absolute Gasteiger partial charge is 0.481 e. The zero-order valence-electron chi connectivity index (χ0n) is 11.4. The number of ether oxygens (including phenoxy) is 2. The molecule has 5 nitrogen and oxygen atoms in total. The summed E-state index contributed by atoms with van der Waals surface area (Å²) in [6.07, 6.45) is 1.37. The van der Waals surface area contributed by atoms with Gasteiger partial charge in [0.2, 0.25) is 11.8 Å². The van der Waals surface area contributed by atoms with Crippen molar-refractivity contribution in [3.8, 4) is 11.8 Å². The van der Waals surface area contributed by atoms with E-state index in [1.54, 1.807) is 18.2 Å². The van der Waals surface area contributed by atoms with Gasteiger partial charge in [-0.05, 0) is 6.07 Å². The van der Waals surface area contributed by atoms with Gasteiger partial charge in [0.1, 0.15) is 12.1 Å². The standard InChI is InChI=1S/C14H16FN3O2/c1-19-13-11(14(20-2)18-9-17-13)8-16-7-10-5-3-4-6-12(10)15/h3-6,9,16H,7-8H2,1-2H3. The maximum absolute atomic E-state index is 13.5. The van der Waals surface area contributed by atoms with Crippen molar-refractivity contribution in [1.82, 2.24) is 15.3 Å². The Kier molecular flexibility index (Phi) is 4.84. The van der Waals surface area contributed by atoms with Crippen molar-refractivity contribution in [3.63, 3.8) is 0 Å². The lowest BCUT2D eigenvalue weighted by Crippen LogP contribution is -2.16. The van der Waals surface area contributed by atoms with Crippen molar-refractivity contribution in [2.24, 2.45) is 0 Å². The predicted molar refractivity (Wildman–Crippen MR) is 72.1 cm³/mol. The number of rotatable bonds is 6. The molecule has 0 saturated carbocycles. The van der Waals surface area contributed by atoms with Gasteiger partial charge in [0.15, 0.2) is 0 Å². The summed E-state index contributed by atoms with van der Waals surface area (Å²) in [4.78, 5) is 8.04. The number of halogens is 1. The van der Waals surface area contributed by atoms with Crippen LogP contribution in [0.3, 0.4) is 0 Å². The number of nitrogens with zero attached hydrogens (tertiary/aromatic N) is 2. The fraction of sp³-hybridized carbons (Fsp3) is 0.286. The predicted octanol–water partition coefficient (Wildman–Crippen LogP) is 1.92. The van der Waals surface area contributed by atoms with E-state index >= 15 is 0 Å². The van der Waals surface area contributed by atoms with E-state index in [0.29, 0.717) is 36.0 Å². The first kappa shape index (κ1) is 14.2. The first-order valence-corrected chi connectivity index (χ1v) is 6.12. The lowest BCUT2D eigenvalue weighted by atomic mass is 10.2.